The normalized spacial score (nSPS) is 18.7. The summed E-state index contributed by atoms with van der Waals surface area (Å²) in [6.45, 7) is 0.838. The molecule has 11 heteroatoms. The molecule has 1 fully saturated rings. The van der Waals surface area contributed by atoms with Crippen molar-refractivity contribution in [3.63, 3.8) is 0 Å². The first-order chi connectivity index (χ1) is 22.2. The molecule has 0 bridgehead atoms. The molecule has 4 atom stereocenters. The third-order valence-electron chi connectivity index (χ3n) is 8.02. The van der Waals surface area contributed by atoms with Gasteiger partial charge < -0.3 is 35.0 Å². The molecule has 1 saturated heterocycles. The van der Waals surface area contributed by atoms with Gasteiger partial charge in [-0.25, -0.2) is 5.48 Å². The van der Waals surface area contributed by atoms with Gasteiger partial charge in [0.25, 0.3) is 0 Å². The number of carbonyl (C=O) groups is 2. The molecule has 4 rings (SSSR count). The maximum absolute atomic E-state index is 12.5. The van der Waals surface area contributed by atoms with Crippen molar-refractivity contribution in [2.45, 2.75) is 76.2 Å². The highest BCUT2D eigenvalue weighted by atomic mass is 16.7. The lowest BCUT2D eigenvalue weighted by Crippen LogP contribution is -2.39. The average molecular weight is 636 g/mol. The van der Waals surface area contributed by atoms with E-state index in [4.69, 9.17) is 14.7 Å². The molecule has 248 valence electrons. The zero-order chi connectivity index (χ0) is 32.9. The van der Waals surface area contributed by atoms with Crippen molar-refractivity contribution < 1.29 is 39.6 Å². The fourth-order valence-corrected chi connectivity index (χ4v) is 5.52. The van der Waals surface area contributed by atoms with E-state index in [1.807, 2.05) is 60.5 Å². The van der Waals surface area contributed by atoms with Crippen LogP contribution < -0.4 is 10.8 Å². The number of anilines is 1. The number of nitrogens with one attached hydrogen (secondary N) is 2. The highest BCUT2D eigenvalue weighted by Crippen LogP contribution is 2.38. The Balaban J connectivity index is 1.36. The highest BCUT2D eigenvalue weighted by molar-refractivity contribution is 5.90. The van der Waals surface area contributed by atoms with E-state index in [0.29, 0.717) is 50.0 Å². The van der Waals surface area contributed by atoms with E-state index in [9.17, 15) is 24.9 Å². The SMILES string of the molecule is CN(C[C@H]1C[C@@H](c2ccc(CO)cc2)O[C@@H](c2ccc(NC(=O)CCCCCCC(=O)NO)cc2)O1)C[C@@H](O)c1cccc(O)c1. The van der Waals surface area contributed by atoms with Crippen LogP contribution in [0.15, 0.2) is 72.8 Å². The lowest BCUT2D eigenvalue weighted by molar-refractivity contribution is -0.252. The number of nitrogens with zero attached hydrogens (tertiary/aromatic N) is 1. The number of hydrogen-bond acceptors (Lipinski definition) is 9. The van der Waals surface area contributed by atoms with Gasteiger partial charge in [-0.1, -0.05) is 61.4 Å². The van der Waals surface area contributed by atoms with Crippen molar-refractivity contribution in [3.05, 3.63) is 95.1 Å². The van der Waals surface area contributed by atoms with Crippen molar-refractivity contribution in [1.82, 2.24) is 10.4 Å². The fraction of sp³-hybridized carbons (Fsp3) is 0.429. The molecule has 0 saturated carbocycles. The van der Waals surface area contributed by atoms with Crippen LogP contribution in [0.1, 0.15) is 85.7 Å². The predicted molar refractivity (Wildman–Crippen MR) is 172 cm³/mol. The molecule has 11 nitrogen and oxygen atoms in total. The molecular weight excluding hydrogens is 590 g/mol. The number of benzene rings is 3. The summed E-state index contributed by atoms with van der Waals surface area (Å²) in [6.07, 6.45) is 2.28. The third kappa shape index (κ3) is 10.9. The van der Waals surface area contributed by atoms with Crippen molar-refractivity contribution in [2.75, 3.05) is 25.5 Å². The number of phenolic OH excluding ortho intramolecular Hbond substituents is 1. The fourth-order valence-electron chi connectivity index (χ4n) is 5.52. The van der Waals surface area contributed by atoms with Gasteiger partial charge in [-0.3, -0.25) is 14.8 Å². The predicted octanol–water partition coefficient (Wildman–Crippen LogP) is 4.88. The Kier molecular flexibility index (Phi) is 13.5. The molecule has 0 radical (unpaired) electrons. The summed E-state index contributed by atoms with van der Waals surface area (Å²) in [6, 6.07) is 21.7. The number of ether oxygens (including phenoxy) is 2. The lowest BCUT2D eigenvalue weighted by atomic mass is 9.99. The number of aliphatic hydroxyl groups excluding tert-OH is 2. The van der Waals surface area contributed by atoms with Crippen LogP contribution in [-0.2, 0) is 25.7 Å². The van der Waals surface area contributed by atoms with Gasteiger partial charge in [0, 0.05) is 43.6 Å². The van der Waals surface area contributed by atoms with Gasteiger partial charge in [0.05, 0.1) is 24.9 Å². The summed E-state index contributed by atoms with van der Waals surface area (Å²) in [5, 5.41) is 41.5. The van der Waals surface area contributed by atoms with E-state index in [-0.39, 0.29) is 36.9 Å². The van der Waals surface area contributed by atoms with Crippen LogP contribution in [0.4, 0.5) is 5.69 Å². The van der Waals surface area contributed by atoms with Crippen LogP contribution in [0, 0.1) is 0 Å². The van der Waals surface area contributed by atoms with Crippen LogP contribution in [-0.4, -0.2) is 63.5 Å². The summed E-state index contributed by atoms with van der Waals surface area (Å²) < 4.78 is 12.9. The molecule has 1 heterocycles. The Morgan fingerprint density at radius 2 is 1.59 bits per heavy atom. The van der Waals surface area contributed by atoms with Gasteiger partial charge in [-0.2, -0.15) is 0 Å². The summed E-state index contributed by atoms with van der Waals surface area (Å²) in [7, 11) is 1.91. The summed E-state index contributed by atoms with van der Waals surface area (Å²) >= 11 is 0. The zero-order valence-corrected chi connectivity index (χ0v) is 26.2. The van der Waals surface area contributed by atoms with Crippen molar-refractivity contribution in [1.29, 1.82) is 0 Å². The number of rotatable bonds is 16. The average Bonchev–Trinajstić information content (AvgIpc) is 3.06. The number of hydroxylamine groups is 1. The second-order valence-corrected chi connectivity index (χ2v) is 11.8. The minimum atomic E-state index is -0.780. The van der Waals surface area contributed by atoms with Crippen LogP contribution in [0.3, 0.4) is 0 Å². The molecule has 2 amide bonds. The molecule has 0 aliphatic carbocycles. The molecule has 1 aliphatic heterocycles. The second kappa shape index (κ2) is 17.7. The molecule has 0 aromatic heterocycles. The van der Waals surface area contributed by atoms with E-state index in [1.165, 1.54) is 0 Å². The van der Waals surface area contributed by atoms with Gasteiger partial charge in [-0.05, 0) is 60.8 Å². The topological polar surface area (TPSA) is 161 Å². The van der Waals surface area contributed by atoms with E-state index >= 15 is 0 Å². The Morgan fingerprint density at radius 1 is 0.913 bits per heavy atom. The summed E-state index contributed by atoms with van der Waals surface area (Å²) in [5.41, 5.74) is 5.50. The molecule has 46 heavy (non-hydrogen) atoms. The van der Waals surface area contributed by atoms with Crippen molar-refractivity contribution >= 4 is 17.5 Å². The lowest BCUT2D eigenvalue weighted by Gasteiger charge is -2.38. The Hall–Kier alpha value is -3.84. The molecule has 0 spiro atoms. The largest absolute Gasteiger partial charge is 0.508 e. The number of hydrogen-bond donors (Lipinski definition) is 6. The van der Waals surface area contributed by atoms with Crippen LogP contribution >= 0.6 is 0 Å². The molecule has 3 aromatic rings. The van der Waals surface area contributed by atoms with E-state index in [0.717, 1.165) is 29.5 Å². The Bertz CT molecular complexity index is 1390. The minimum Gasteiger partial charge on any atom is -0.508 e. The van der Waals surface area contributed by atoms with E-state index in [2.05, 4.69) is 5.32 Å². The zero-order valence-electron chi connectivity index (χ0n) is 26.2. The number of amides is 2. The van der Waals surface area contributed by atoms with Crippen molar-refractivity contribution in [2.24, 2.45) is 0 Å². The number of phenols is 1. The van der Waals surface area contributed by atoms with Crippen LogP contribution in [0.2, 0.25) is 0 Å². The quantitative estimate of drug-likeness (QED) is 0.0732. The van der Waals surface area contributed by atoms with Gasteiger partial charge >= 0.3 is 0 Å². The molecular formula is C35H45N3O8. The summed E-state index contributed by atoms with van der Waals surface area (Å²) in [5.74, 6) is -0.385. The van der Waals surface area contributed by atoms with E-state index < -0.39 is 18.3 Å². The van der Waals surface area contributed by atoms with Crippen LogP contribution in [0.25, 0.3) is 0 Å². The maximum Gasteiger partial charge on any atom is 0.243 e. The summed E-state index contributed by atoms with van der Waals surface area (Å²) in [4.78, 5) is 25.5. The first-order valence-corrected chi connectivity index (χ1v) is 15.7. The van der Waals surface area contributed by atoms with Gasteiger partial charge in [-0.15, -0.1) is 0 Å². The third-order valence-corrected chi connectivity index (χ3v) is 8.02. The number of aliphatic hydroxyl groups is 2. The second-order valence-electron chi connectivity index (χ2n) is 11.8. The van der Waals surface area contributed by atoms with Crippen LogP contribution in [0.5, 0.6) is 5.75 Å². The number of likely N-dealkylation sites (N-methyl/N-ethyl adjacent to an activating group) is 1. The molecule has 6 N–H and O–H groups in total. The van der Waals surface area contributed by atoms with Gasteiger partial charge in [0.15, 0.2) is 6.29 Å². The van der Waals surface area contributed by atoms with E-state index in [1.54, 1.807) is 29.7 Å². The highest BCUT2D eigenvalue weighted by Gasteiger charge is 2.33. The Morgan fingerprint density at radius 3 is 2.24 bits per heavy atom. The molecule has 1 aliphatic rings. The standard InChI is InChI=1S/C35H45N3O8/c1-38(22-31(41)27-7-6-8-29(40)19-27)21-30-20-32(25-13-11-24(23-39)12-14-25)46-35(45-30)26-15-17-28(18-16-26)36-33(42)9-4-2-3-5-10-34(43)37-44/h6-8,11-19,30-32,35,39-41,44H,2-5,9-10,20-23H2,1H3,(H,36,42)(H,37,43)/t30-,31-,32+,35+/m1/s1. The smallest absolute Gasteiger partial charge is 0.243 e. The molecule has 3 aromatic carbocycles. The number of carbonyl (C=O) groups excluding carboxylic acids is 2. The Labute approximate surface area is 269 Å². The first-order valence-electron chi connectivity index (χ1n) is 15.7. The first kappa shape index (κ1) is 35.0. The number of aromatic hydroxyl groups is 1. The molecule has 0 unspecified atom stereocenters. The van der Waals surface area contributed by atoms with Gasteiger partial charge in [0.2, 0.25) is 11.8 Å². The van der Waals surface area contributed by atoms with Gasteiger partial charge in [0.1, 0.15) is 5.75 Å². The van der Waals surface area contributed by atoms with Crippen molar-refractivity contribution in [3.8, 4) is 5.75 Å². The monoisotopic (exact) mass is 635 g/mol. The minimum absolute atomic E-state index is 0.0408. The number of unbranched alkanes of at least 4 members (excludes halogenated alkanes) is 3. The maximum atomic E-state index is 12.5.